The molecule has 0 aromatic heterocycles. The Balaban J connectivity index is 3.73. The first-order valence-electron chi connectivity index (χ1n) is 4.29. The van der Waals surface area contributed by atoms with Crippen molar-refractivity contribution in [2.24, 2.45) is 0 Å². The van der Waals surface area contributed by atoms with Crippen molar-refractivity contribution in [1.29, 1.82) is 0 Å². The highest BCUT2D eigenvalue weighted by atomic mass is 28.4. The van der Waals surface area contributed by atoms with Gasteiger partial charge in [0, 0.05) is 0 Å². The molecule has 0 rings (SSSR count). The lowest BCUT2D eigenvalue weighted by Gasteiger charge is -2.15. The van der Waals surface area contributed by atoms with Crippen LogP contribution in [0.2, 0.25) is 19.6 Å². The quantitative estimate of drug-likeness (QED) is 0.465. The zero-order valence-corrected chi connectivity index (χ0v) is 9.40. The Hall–Kier alpha value is -0.243. The van der Waals surface area contributed by atoms with Crippen LogP contribution in [0.1, 0.15) is 26.7 Å². The molecule has 66 valence electrons. The fraction of sp³-hybridized carbons (Fsp3) is 0.778. The molecule has 0 saturated carbocycles. The highest BCUT2D eigenvalue weighted by molar-refractivity contribution is 6.69. The zero-order valence-electron chi connectivity index (χ0n) is 8.40. The lowest BCUT2D eigenvalue weighted by atomic mass is 10.2. The summed E-state index contributed by atoms with van der Waals surface area (Å²) in [5.41, 5.74) is 1.36. The first-order valence-corrected chi connectivity index (χ1v) is 7.70. The molecule has 1 nitrogen and oxygen atoms in total. The highest BCUT2D eigenvalue weighted by Crippen LogP contribution is 2.08. The molecule has 0 amide bonds. The highest BCUT2D eigenvalue weighted by Gasteiger charge is 2.13. The van der Waals surface area contributed by atoms with E-state index in [4.69, 9.17) is 4.43 Å². The molecule has 0 N–H and O–H groups in total. The Morgan fingerprint density at radius 2 is 1.91 bits per heavy atom. The molecular formula is C9H20OSi. The second kappa shape index (κ2) is 4.60. The van der Waals surface area contributed by atoms with E-state index < -0.39 is 8.32 Å². The monoisotopic (exact) mass is 172 g/mol. The molecule has 0 atom stereocenters. The van der Waals surface area contributed by atoms with Crippen LogP contribution in [0.3, 0.4) is 0 Å². The lowest BCUT2D eigenvalue weighted by Crippen LogP contribution is -2.22. The molecular weight excluding hydrogens is 152 g/mol. The number of rotatable bonds is 4. The van der Waals surface area contributed by atoms with Crippen molar-refractivity contribution in [2.75, 3.05) is 0 Å². The van der Waals surface area contributed by atoms with E-state index in [0.29, 0.717) is 0 Å². The average molecular weight is 172 g/mol. The number of hydrogen-bond donors (Lipinski definition) is 0. The normalized spacial score (nSPS) is 13.4. The predicted octanol–water partition coefficient (Wildman–Crippen LogP) is 3.54. The summed E-state index contributed by atoms with van der Waals surface area (Å²) in [6.45, 7) is 10.9. The SMILES string of the molecule is CCC/C(C)=C\O[Si](C)(C)C. The molecule has 0 aromatic carbocycles. The van der Waals surface area contributed by atoms with E-state index in [-0.39, 0.29) is 0 Å². The Morgan fingerprint density at radius 1 is 1.36 bits per heavy atom. The maximum atomic E-state index is 5.62. The minimum absolute atomic E-state index is 1.16. The van der Waals surface area contributed by atoms with Crippen LogP contribution in [0.5, 0.6) is 0 Å². The van der Waals surface area contributed by atoms with Gasteiger partial charge in [-0.25, -0.2) is 0 Å². The van der Waals surface area contributed by atoms with E-state index in [0.717, 1.165) is 6.42 Å². The molecule has 0 aliphatic rings. The van der Waals surface area contributed by atoms with E-state index in [2.05, 4.69) is 33.5 Å². The van der Waals surface area contributed by atoms with Crippen molar-refractivity contribution in [3.8, 4) is 0 Å². The largest absolute Gasteiger partial charge is 0.550 e. The van der Waals surface area contributed by atoms with Crippen molar-refractivity contribution >= 4 is 8.32 Å². The van der Waals surface area contributed by atoms with Gasteiger partial charge in [-0.15, -0.1) is 0 Å². The van der Waals surface area contributed by atoms with Gasteiger partial charge in [-0.05, 0) is 38.6 Å². The third-order valence-corrected chi connectivity index (χ3v) is 2.08. The van der Waals surface area contributed by atoms with E-state index in [9.17, 15) is 0 Å². The third kappa shape index (κ3) is 7.66. The van der Waals surface area contributed by atoms with Crippen LogP contribution >= 0.6 is 0 Å². The van der Waals surface area contributed by atoms with Crippen LogP contribution in [-0.2, 0) is 4.43 Å². The van der Waals surface area contributed by atoms with Gasteiger partial charge < -0.3 is 4.43 Å². The van der Waals surface area contributed by atoms with Gasteiger partial charge in [0.25, 0.3) is 0 Å². The fourth-order valence-electron chi connectivity index (χ4n) is 0.731. The van der Waals surface area contributed by atoms with Crippen molar-refractivity contribution in [2.45, 2.75) is 46.3 Å². The summed E-state index contributed by atoms with van der Waals surface area (Å²) in [6, 6.07) is 0. The second-order valence-electron chi connectivity index (χ2n) is 3.94. The minimum Gasteiger partial charge on any atom is -0.550 e. The van der Waals surface area contributed by atoms with Crippen molar-refractivity contribution < 1.29 is 4.43 Å². The van der Waals surface area contributed by atoms with Gasteiger partial charge in [0.2, 0.25) is 8.32 Å². The Labute approximate surface area is 71.6 Å². The molecule has 0 aromatic rings. The summed E-state index contributed by atoms with van der Waals surface area (Å²) in [5, 5.41) is 0. The van der Waals surface area contributed by atoms with E-state index >= 15 is 0 Å². The lowest BCUT2D eigenvalue weighted by molar-refractivity contribution is 0.470. The van der Waals surface area contributed by atoms with Crippen LogP contribution < -0.4 is 0 Å². The third-order valence-electron chi connectivity index (χ3n) is 1.26. The minimum atomic E-state index is -1.33. The van der Waals surface area contributed by atoms with Gasteiger partial charge in [-0.2, -0.15) is 0 Å². The van der Waals surface area contributed by atoms with Gasteiger partial charge in [0.1, 0.15) is 0 Å². The van der Waals surface area contributed by atoms with Crippen molar-refractivity contribution in [1.82, 2.24) is 0 Å². The Bertz CT molecular complexity index is 133. The summed E-state index contributed by atoms with van der Waals surface area (Å²) in [7, 11) is -1.33. The first-order chi connectivity index (χ1) is 4.95. The van der Waals surface area contributed by atoms with Crippen LogP contribution in [0.25, 0.3) is 0 Å². The molecule has 0 radical (unpaired) electrons. The summed E-state index contributed by atoms with van der Waals surface area (Å²) >= 11 is 0. The summed E-state index contributed by atoms with van der Waals surface area (Å²) < 4.78 is 5.62. The molecule has 0 saturated heterocycles. The van der Waals surface area contributed by atoms with Crippen molar-refractivity contribution in [3.63, 3.8) is 0 Å². The van der Waals surface area contributed by atoms with E-state index in [1.165, 1.54) is 12.0 Å². The van der Waals surface area contributed by atoms with Crippen LogP contribution in [0.4, 0.5) is 0 Å². The maximum absolute atomic E-state index is 5.62. The average Bonchev–Trinajstić information content (AvgIpc) is 1.83. The molecule has 11 heavy (non-hydrogen) atoms. The van der Waals surface area contributed by atoms with Crippen molar-refractivity contribution in [3.05, 3.63) is 11.8 Å². The Kier molecular flexibility index (Phi) is 4.50. The Morgan fingerprint density at radius 3 is 2.27 bits per heavy atom. The summed E-state index contributed by atoms with van der Waals surface area (Å²) in [6.07, 6.45) is 4.30. The standard InChI is InChI=1S/C9H20OSi/c1-6-7-9(2)8-10-11(3,4)5/h8H,6-7H2,1-5H3/b9-8-. The van der Waals surface area contributed by atoms with Gasteiger partial charge >= 0.3 is 0 Å². The molecule has 2 heteroatoms. The van der Waals surface area contributed by atoms with Gasteiger partial charge in [-0.1, -0.05) is 13.3 Å². The second-order valence-corrected chi connectivity index (χ2v) is 8.40. The van der Waals surface area contributed by atoms with Crippen LogP contribution in [-0.4, -0.2) is 8.32 Å². The topological polar surface area (TPSA) is 9.23 Å². The van der Waals surface area contributed by atoms with E-state index in [1.807, 2.05) is 6.26 Å². The van der Waals surface area contributed by atoms with Crippen LogP contribution in [0.15, 0.2) is 11.8 Å². The zero-order chi connectivity index (χ0) is 8.91. The molecule has 0 heterocycles. The molecule has 0 fully saturated rings. The molecule has 0 unspecified atom stereocenters. The maximum Gasteiger partial charge on any atom is 0.241 e. The molecule has 0 bridgehead atoms. The van der Waals surface area contributed by atoms with E-state index in [1.54, 1.807) is 0 Å². The number of allylic oxidation sites excluding steroid dienone is 1. The molecule has 0 aliphatic heterocycles. The fourth-order valence-corrected chi connectivity index (χ4v) is 1.29. The van der Waals surface area contributed by atoms with Crippen LogP contribution in [0, 0.1) is 0 Å². The first kappa shape index (κ1) is 10.8. The van der Waals surface area contributed by atoms with Gasteiger partial charge in [0.05, 0.1) is 6.26 Å². The summed E-state index contributed by atoms with van der Waals surface area (Å²) in [4.78, 5) is 0. The molecule has 0 spiro atoms. The predicted molar refractivity (Wildman–Crippen MR) is 53.1 cm³/mol. The number of hydrogen-bond acceptors (Lipinski definition) is 1. The molecule has 0 aliphatic carbocycles. The van der Waals surface area contributed by atoms with Gasteiger partial charge in [0.15, 0.2) is 0 Å². The summed E-state index contributed by atoms with van der Waals surface area (Å²) in [5.74, 6) is 0. The van der Waals surface area contributed by atoms with Gasteiger partial charge in [-0.3, -0.25) is 0 Å². The smallest absolute Gasteiger partial charge is 0.241 e.